The Hall–Kier alpha value is -3.25. The number of rotatable bonds is 9. The Morgan fingerprint density at radius 1 is 0.833 bits per heavy atom. The molecule has 0 saturated heterocycles. The van der Waals surface area contributed by atoms with E-state index in [1.165, 1.54) is 7.11 Å². The van der Waals surface area contributed by atoms with E-state index in [0.29, 0.717) is 23.0 Å². The number of ether oxygens (including phenoxy) is 3. The number of methoxy groups -OCH3 is 3. The minimum atomic E-state index is -0.558. The molecule has 36 heavy (non-hydrogen) atoms. The van der Waals surface area contributed by atoms with Crippen molar-refractivity contribution in [1.29, 1.82) is 0 Å². The Kier molecular flexibility index (Phi) is 8.36. The van der Waals surface area contributed by atoms with Crippen molar-refractivity contribution in [2.24, 2.45) is 0 Å². The third-order valence-electron chi connectivity index (χ3n) is 6.13. The first-order valence-corrected chi connectivity index (χ1v) is 12.2. The summed E-state index contributed by atoms with van der Waals surface area (Å²) in [4.78, 5) is 12.5. The molecule has 0 aliphatic heterocycles. The van der Waals surface area contributed by atoms with Gasteiger partial charge in [0.1, 0.15) is 17.5 Å². The van der Waals surface area contributed by atoms with Crippen molar-refractivity contribution in [3.63, 3.8) is 0 Å². The average molecular weight is 524 g/mol. The van der Waals surface area contributed by atoms with Crippen LogP contribution in [0.4, 0.5) is 0 Å². The average Bonchev–Trinajstić information content (AvgIpc) is 2.90. The van der Waals surface area contributed by atoms with Gasteiger partial charge in [-0.2, -0.15) is 0 Å². The first kappa shape index (κ1) is 25.8. The molecule has 4 rings (SSSR count). The van der Waals surface area contributed by atoms with E-state index in [1.54, 1.807) is 32.4 Å². The number of fused-ring (bicyclic) bond motifs is 1. The molecule has 4 aromatic rings. The van der Waals surface area contributed by atoms with E-state index < -0.39 is 6.04 Å². The fourth-order valence-electron chi connectivity index (χ4n) is 4.26. The van der Waals surface area contributed by atoms with Crippen LogP contribution in [0.5, 0.6) is 11.5 Å². The van der Waals surface area contributed by atoms with Gasteiger partial charge in [-0.15, -0.1) is 0 Å². The highest BCUT2D eigenvalue weighted by Gasteiger charge is 2.21. The van der Waals surface area contributed by atoms with Gasteiger partial charge >= 0.3 is 5.97 Å². The van der Waals surface area contributed by atoms with E-state index in [1.807, 2.05) is 30.3 Å². The van der Waals surface area contributed by atoms with Gasteiger partial charge in [0.25, 0.3) is 0 Å². The first-order valence-electron chi connectivity index (χ1n) is 11.4. The van der Waals surface area contributed by atoms with Gasteiger partial charge in [0.05, 0.1) is 26.9 Å². The lowest BCUT2D eigenvalue weighted by molar-refractivity contribution is -0.143. The Balaban J connectivity index is 1.59. The second-order valence-corrected chi connectivity index (χ2v) is 9.11. The Bertz CT molecular complexity index is 1350. The summed E-state index contributed by atoms with van der Waals surface area (Å²) >= 11 is 12.6. The summed E-state index contributed by atoms with van der Waals surface area (Å²) in [6.07, 6.45) is 0.451. The second-order valence-electron chi connectivity index (χ2n) is 8.29. The summed E-state index contributed by atoms with van der Waals surface area (Å²) < 4.78 is 16.2. The van der Waals surface area contributed by atoms with Gasteiger partial charge in [-0.05, 0) is 58.7 Å². The van der Waals surface area contributed by atoms with Gasteiger partial charge in [0.15, 0.2) is 0 Å². The summed E-state index contributed by atoms with van der Waals surface area (Å²) in [5.41, 5.74) is 3.64. The van der Waals surface area contributed by atoms with Crippen LogP contribution in [-0.2, 0) is 22.5 Å². The fraction of sp³-hybridized carbons (Fsp3) is 0.207. The van der Waals surface area contributed by atoms with E-state index in [4.69, 9.17) is 37.4 Å². The number of carbonyl (C=O) groups excluding carboxylic acids is 1. The van der Waals surface area contributed by atoms with E-state index in [0.717, 1.165) is 44.5 Å². The van der Waals surface area contributed by atoms with E-state index in [-0.39, 0.29) is 5.97 Å². The Labute approximate surface area is 220 Å². The second kappa shape index (κ2) is 11.7. The molecule has 0 bridgehead atoms. The number of hydrogen-bond acceptors (Lipinski definition) is 5. The molecule has 7 heteroatoms. The van der Waals surface area contributed by atoms with Crippen molar-refractivity contribution in [3.05, 3.63) is 94.0 Å². The molecule has 0 saturated carbocycles. The van der Waals surface area contributed by atoms with Crippen LogP contribution in [0.1, 0.15) is 11.1 Å². The minimum absolute atomic E-state index is 0.343. The highest BCUT2D eigenvalue weighted by molar-refractivity contribution is 6.36. The number of hydrogen-bond donors (Lipinski definition) is 1. The zero-order valence-electron chi connectivity index (χ0n) is 20.3. The molecule has 1 unspecified atom stereocenters. The maximum absolute atomic E-state index is 12.5. The predicted molar refractivity (Wildman–Crippen MR) is 145 cm³/mol. The molecule has 0 spiro atoms. The van der Waals surface area contributed by atoms with Crippen molar-refractivity contribution in [3.8, 4) is 22.6 Å². The lowest BCUT2D eigenvalue weighted by Gasteiger charge is -2.18. The maximum atomic E-state index is 12.5. The molecule has 4 aromatic carbocycles. The summed E-state index contributed by atoms with van der Waals surface area (Å²) in [6.45, 7) is 0.343. The molecule has 5 nitrogen and oxygen atoms in total. The van der Waals surface area contributed by atoms with Crippen LogP contribution in [0.2, 0.25) is 10.0 Å². The topological polar surface area (TPSA) is 56.8 Å². The summed E-state index contributed by atoms with van der Waals surface area (Å²) in [6, 6.07) is 22.9. The summed E-state index contributed by atoms with van der Waals surface area (Å²) in [7, 11) is 4.68. The molecule has 0 radical (unpaired) electrons. The normalized spacial score (nSPS) is 11.8. The SMILES string of the molecule is COC(=O)C(Cc1ccc2cc(-c3c(OC)cccc3OC)ccc2c1)NCc1c(Cl)cccc1Cl. The lowest BCUT2D eigenvalue weighted by Crippen LogP contribution is -2.39. The first-order chi connectivity index (χ1) is 17.4. The Morgan fingerprint density at radius 3 is 2.08 bits per heavy atom. The minimum Gasteiger partial charge on any atom is -0.496 e. The molecule has 1 N–H and O–H groups in total. The van der Waals surface area contributed by atoms with Crippen molar-refractivity contribution < 1.29 is 19.0 Å². The molecular formula is C29H27Cl2NO4. The zero-order valence-corrected chi connectivity index (χ0v) is 21.8. The zero-order chi connectivity index (χ0) is 25.7. The third kappa shape index (κ3) is 5.59. The number of benzene rings is 4. The molecule has 0 amide bonds. The molecule has 0 heterocycles. The number of carbonyl (C=O) groups is 1. The molecular weight excluding hydrogens is 497 g/mol. The van der Waals surface area contributed by atoms with E-state index >= 15 is 0 Å². The number of halogens is 2. The lowest BCUT2D eigenvalue weighted by atomic mass is 9.97. The van der Waals surface area contributed by atoms with Crippen LogP contribution in [0.15, 0.2) is 72.8 Å². The van der Waals surface area contributed by atoms with Crippen LogP contribution < -0.4 is 14.8 Å². The van der Waals surface area contributed by atoms with Gasteiger partial charge < -0.3 is 14.2 Å². The van der Waals surface area contributed by atoms with Crippen LogP contribution in [0, 0.1) is 0 Å². The molecule has 0 fully saturated rings. The molecule has 0 aromatic heterocycles. The van der Waals surface area contributed by atoms with Crippen LogP contribution in [-0.4, -0.2) is 33.3 Å². The number of nitrogens with one attached hydrogen (secondary N) is 1. The highest BCUT2D eigenvalue weighted by Crippen LogP contribution is 2.39. The van der Waals surface area contributed by atoms with Gasteiger partial charge in [-0.25, -0.2) is 0 Å². The summed E-state index contributed by atoms with van der Waals surface area (Å²) in [5, 5.41) is 6.47. The largest absolute Gasteiger partial charge is 0.496 e. The summed E-state index contributed by atoms with van der Waals surface area (Å²) in [5.74, 6) is 1.14. The Morgan fingerprint density at radius 2 is 1.44 bits per heavy atom. The van der Waals surface area contributed by atoms with Crippen molar-refractivity contribution in [2.45, 2.75) is 19.0 Å². The van der Waals surface area contributed by atoms with Crippen molar-refractivity contribution in [2.75, 3.05) is 21.3 Å². The molecule has 0 aliphatic carbocycles. The van der Waals surface area contributed by atoms with Crippen molar-refractivity contribution >= 4 is 39.9 Å². The smallest absolute Gasteiger partial charge is 0.323 e. The molecule has 1 atom stereocenters. The van der Waals surface area contributed by atoms with Crippen molar-refractivity contribution in [1.82, 2.24) is 5.32 Å². The van der Waals surface area contributed by atoms with Gasteiger partial charge in [-0.3, -0.25) is 10.1 Å². The number of esters is 1. The maximum Gasteiger partial charge on any atom is 0.323 e. The van der Waals surface area contributed by atoms with E-state index in [2.05, 4.69) is 29.6 Å². The van der Waals surface area contributed by atoms with Gasteiger partial charge in [0.2, 0.25) is 0 Å². The van der Waals surface area contributed by atoms with Gasteiger partial charge in [-0.1, -0.05) is 65.7 Å². The quantitative estimate of drug-likeness (QED) is 0.247. The monoisotopic (exact) mass is 523 g/mol. The van der Waals surface area contributed by atoms with Crippen LogP contribution in [0.3, 0.4) is 0 Å². The highest BCUT2D eigenvalue weighted by atomic mass is 35.5. The third-order valence-corrected chi connectivity index (χ3v) is 6.84. The molecule has 0 aliphatic rings. The standard InChI is InChI=1S/C29H27Cl2NO4/c1-34-26-8-5-9-27(35-2)28(26)21-13-12-19-14-18(10-11-20(19)16-21)15-25(29(33)36-3)32-17-22-23(30)6-4-7-24(22)31/h4-14,16,25,32H,15,17H2,1-3H3. The molecule has 186 valence electrons. The fourth-order valence-corrected chi connectivity index (χ4v) is 4.79. The van der Waals surface area contributed by atoms with E-state index in [9.17, 15) is 4.79 Å². The predicted octanol–water partition coefficient (Wildman–Crippen LogP) is 6.70. The van der Waals surface area contributed by atoms with Crippen LogP contribution in [0.25, 0.3) is 21.9 Å². The van der Waals surface area contributed by atoms with Gasteiger partial charge in [0, 0.05) is 22.2 Å². The van der Waals surface area contributed by atoms with Crippen LogP contribution >= 0.6 is 23.2 Å².